The first kappa shape index (κ1) is 13.9. The Morgan fingerprint density at radius 2 is 2.07 bits per heavy atom. The third-order valence-electron chi connectivity index (χ3n) is 2.53. The fourth-order valence-corrected chi connectivity index (χ4v) is 1.80. The van der Waals surface area contributed by atoms with E-state index in [1.807, 2.05) is 0 Å². The van der Waals surface area contributed by atoms with Crippen LogP contribution in [0.15, 0.2) is 0 Å². The van der Waals surface area contributed by atoms with Crippen molar-refractivity contribution in [1.82, 2.24) is 4.90 Å². The van der Waals surface area contributed by atoms with Crippen LogP contribution in [0.4, 0.5) is 0 Å². The van der Waals surface area contributed by atoms with Crippen LogP contribution in [0.25, 0.3) is 0 Å². The molecule has 86 valence electrons. The van der Waals surface area contributed by atoms with Crippen LogP contribution >= 0.6 is 0 Å². The highest BCUT2D eigenvalue weighted by molar-refractivity contribution is 4.70. The third kappa shape index (κ3) is 5.58. The van der Waals surface area contributed by atoms with E-state index in [-0.39, 0.29) is 0 Å². The molecule has 0 heterocycles. The number of rotatable bonds is 9. The molecule has 3 nitrogen and oxygen atoms in total. The summed E-state index contributed by atoms with van der Waals surface area (Å²) in [5.41, 5.74) is 5.53. The van der Waals surface area contributed by atoms with Crippen LogP contribution in [-0.4, -0.2) is 44.3 Å². The first-order valence-corrected chi connectivity index (χ1v) is 5.73. The molecule has 0 aromatic heterocycles. The van der Waals surface area contributed by atoms with Crippen LogP contribution in [0.2, 0.25) is 0 Å². The van der Waals surface area contributed by atoms with Gasteiger partial charge in [-0.15, -0.1) is 0 Å². The van der Waals surface area contributed by atoms with E-state index in [0.717, 1.165) is 39.1 Å². The molecule has 0 aromatic carbocycles. The van der Waals surface area contributed by atoms with Crippen LogP contribution in [0.3, 0.4) is 0 Å². The van der Waals surface area contributed by atoms with E-state index in [1.54, 1.807) is 7.11 Å². The van der Waals surface area contributed by atoms with Gasteiger partial charge in [0, 0.05) is 13.2 Å². The topological polar surface area (TPSA) is 38.5 Å². The van der Waals surface area contributed by atoms with Gasteiger partial charge in [0.1, 0.15) is 0 Å². The molecule has 0 fully saturated rings. The summed E-state index contributed by atoms with van der Waals surface area (Å²) in [7, 11) is 1.77. The molecule has 0 aliphatic carbocycles. The van der Waals surface area contributed by atoms with Crippen LogP contribution in [-0.2, 0) is 4.74 Å². The van der Waals surface area contributed by atoms with Crippen molar-refractivity contribution in [2.24, 2.45) is 5.73 Å². The Morgan fingerprint density at radius 1 is 1.36 bits per heavy atom. The number of methoxy groups -OCH3 is 1. The van der Waals surface area contributed by atoms with Gasteiger partial charge in [-0.2, -0.15) is 0 Å². The van der Waals surface area contributed by atoms with E-state index in [9.17, 15) is 0 Å². The Morgan fingerprint density at radius 3 is 2.50 bits per heavy atom. The molecule has 0 spiro atoms. The first-order valence-electron chi connectivity index (χ1n) is 5.73. The van der Waals surface area contributed by atoms with Crippen molar-refractivity contribution in [3.8, 4) is 0 Å². The van der Waals surface area contributed by atoms with Gasteiger partial charge in [-0.05, 0) is 38.9 Å². The van der Waals surface area contributed by atoms with Crippen molar-refractivity contribution in [3.05, 3.63) is 0 Å². The maximum atomic E-state index is 5.53. The lowest BCUT2D eigenvalue weighted by Gasteiger charge is -2.29. The minimum Gasteiger partial charge on any atom is -0.383 e. The van der Waals surface area contributed by atoms with Gasteiger partial charge in [0.05, 0.1) is 6.61 Å². The number of nitrogens with two attached hydrogens (primary N) is 1. The monoisotopic (exact) mass is 202 g/mol. The van der Waals surface area contributed by atoms with Crippen molar-refractivity contribution in [2.45, 2.75) is 39.2 Å². The molecule has 14 heavy (non-hydrogen) atoms. The van der Waals surface area contributed by atoms with E-state index >= 15 is 0 Å². The predicted molar refractivity (Wildman–Crippen MR) is 61.5 cm³/mol. The average Bonchev–Trinajstić information content (AvgIpc) is 2.21. The van der Waals surface area contributed by atoms with Gasteiger partial charge in [-0.25, -0.2) is 0 Å². The lowest BCUT2D eigenvalue weighted by Crippen LogP contribution is -2.39. The molecule has 1 unspecified atom stereocenters. The molecule has 0 radical (unpaired) electrons. The SMILES string of the molecule is CCCN(CC)C(CCCN)COC. The minimum atomic E-state index is 0.550. The summed E-state index contributed by atoms with van der Waals surface area (Å²) in [6.07, 6.45) is 3.45. The molecule has 0 aliphatic heterocycles. The number of likely N-dealkylation sites (N-methyl/N-ethyl adjacent to an activating group) is 1. The highest BCUT2D eigenvalue weighted by Gasteiger charge is 2.15. The van der Waals surface area contributed by atoms with Gasteiger partial charge in [-0.1, -0.05) is 13.8 Å². The van der Waals surface area contributed by atoms with Crippen molar-refractivity contribution in [3.63, 3.8) is 0 Å². The second kappa shape index (κ2) is 9.44. The Hall–Kier alpha value is -0.120. The minimum absolute atomic E-state index is 0.550. The summed E-state index contributed by atoms with van der Waals surface area (Å²) in [4.78, 5) is 2.49. The molecule has 0 saturated heterocycles. The molecule has 3 heteroatoms. The van der Waals surface area contributed by atoms with Gasteiger partial charge in [-0.3, -0.25) is 4.90 Å². The normalized spacial score (nSPS) is 13.5. The Labute approximate surface area is 88.6 Å². The molecule has 2 N–H and O–H groups in total. The summed E-state index contributed by atoms with van der Waals surface area (Å²) in [6, 6.07) is 0.550. The Balaban J connectivity index is 3.97. The van der Waals surface area contributed by atoms with E-state index in [0.29, 0.717) is 6.04 Å². The van der Waals surface area contributed by atoms with Gasteiger partial charge < -0.3 is 10.5 Å². The summed E-state index contributed by atoms with van der Waals surface area (Å²) in [5.74, 6) is 0. The van der Waals surface area contributed by atoms with Crippen LogP contribution in [0.1, 0.15) is 33.1 Å². The number of hydrogen-bond acceptors (Lipinski definition) is 3. The maximum absolute atomic E-state index is 5.53. The molecule has 0 rings (SSSR count). The van der Waals surface area contributed by atoms with Crippen molar-refractivity contribution in [1.29, 1.82) is 0 Å². The zero-order valence-corrected chi connectivity index (χ0v) is 9.96. The van der Waals surface area contributed by atoms with Gasteiger partial charge in [0.15, 0.2) is 0 Å². The molecular weight excluding hydrogens is 176 g/mol. The molecule has 0 saturated carbocycles. The molecule has 0 amide bonds. The summed E-state index contributed by atoms with van der Waals surface area (Å²) >= 11 is 0. The quantitative estimate of drug-likeness (QED) is 0.615. The van der Waals surface area contributed by atoms with E-state index in [2.05, 4.69) is 18.7 Å². The van der Waals surface area contributed by atoms with Gasteiger partial charge >= 0.3 is 0 Å². The highest BCUT2D eigenvalue weighted by Crippen LogP contribution is 2.07. The predicted octanol–water partition coefficient (Wildman–Crippen LogP) is 1.47. The Kier molecular flexibility index (Phi) is 9.35. The van der Waals surface area contributed by atoms with E-state index in [1.165, 1.54) is 6.42 Å². The molecular formula is C11H26N2O. The van der Waals surface area contributed by atoms with E-state index < -0.39 is 0 Å². The molecule has 0 bridgehead atoms. The third-order valence-corrected chi connectivity index (χ3v) is 2.53. The Bertz CT molecular complexity index is 120. The summed E-state index contributed by atoms with van der Waals surface area (Å²) in [5, 5.41) is 0. The second-order valence-corrected chi connectivity index (χ2v) is 3.67. The number of ether oxygens (including phenoxy) is 1. The standard InChI is InChI=1S/C11H26N2O/c1-4-9-13(5-2)11(10-14-3)7-6-8-12/h11H,4-10,12H2,1-3H3. The lowest BCUT2D eigenvalue weighted by atomic mass is 10.1. The average molecular weight is 202 g/mol. The largest absolute Gasteiger partial charge is 0.383 e. The van der Waals surface area contributed by atoms with Crippen molar-refractivity contribution in [2.75, 3.05) is 33.4 Å². The second-order valence-electron chi connectivity index (χ2n) is 3.67. The summed E-state index contributed by atoms with van der Waals surface area (Å²) in [6.45, 7) is 8.30. The molecule has 1 atom stereocenters. The zero-order valence-electron chi connectivity index (χ0n) is 9.96. The highest BCUT2D eigenvalue weighted by atomic mass is 16.5. The van der Waals surface area contributed by atoms with Crippen molar-refractivity contribution >= 4 is 0 Å². The lowest BCUT2D eigenvalue weighted by molar-refractivity contribution is 0.0872. The van der Waals surface area contributed by atoms with Crippen molar-refractivity contribution < 1.29 is 4.74 Å². The van der Waals surface area contributed by atoms with Crippen LogP contribution in [0, 0.1) is 0 Å². The number of nitrogens with zero attached hydrogens (tertiary/aromatic N) is 1. The fraction of sp³-hybridized carbons (Fsp3) is 1.00. The van der Waals surface area contributed by atoms with Gasteiger partial charge in [0.2, 0.25) is 0 Å². The molecule has 0 aromatic rings. The molecule has 0 aliphatic rings. The smallest absolute Gasteiger partial charge is 0.0618 e. The van der Waals surface area contributed by atoms with Crippen LogP contribution in [0.5, 0.6) is 0 Å². The fourth-order valence-electron chi connectivity index (χ4n) is 1.80. The first-order chi connectivity index (χ1) is 6.79. The van der Waals surface area contributed by atoms with Crippen LogP contribution < -0.4 is 5.73 Å². The zero-order chi connectivity index (χ0) is 10.8. The maximum Gasteiger partial charge on any atom is 0.0618 e. The summed E-state index contributed by atoms with van der Waals surface area (Å²) < 4.78 is 5.25. The number of hydrogen-bond donors (Lipinski definition) is 1. The van der Waals surface area contributed by atoms with E-state index in [4.69, 9.17) is 10.5 Å². The van der Waals surface area contributed by atoms with Gasteiger partial charge in [0.25, 0.3) is 0 Å².